The molecule has 0 bridgehead atoms. The number of pyridine rings is 1. The number of halogens is 1. The molecule has 5 nitrogen and oxygen atoms in total. The van der Waals surface area contributed by atoms with E-state index >= 15 is 0 Å². The summed E-state index contributed by atoms with van der Waals surface area (Å²) in [5.41, 5.74) is 1.96. The Hall–Kier alpha value is -2.34. The molecule has 1 amide bonds. The van der Waals surface area contributed by atoms with E-state index in [1.165, 1.54) is 0 Å². The number of carbonyl (C=O) groups excluding carboxylic acids is 1. The third-order valence-electron chi connectivity index (χ3n) is 3.65. The van der Waals surface area contributed by atoms with E-state index in [0.29, 0.717) is 28.1 Å². The van der Waals surface area contributed by atoms with Crippen LogP contribution >= 0.6 is 15.9 Å². The zero-order chi connectivity index (χ0) is 18.0. The fourth-order valence-corrected chi connectivity index (χ4v) is 2.98. The van der Waals surface area contributed by atoms with Crippen LogP contribution in [0.3, 0.4) is 0 Å². The van der Waals surface area contributed by atoms with Crippen LogP contribution in [0.5, 0.6) is 5.75 Å². The molecule has 3 aromatic rings. The lowest BCUT2D eigenvalue weighted by atomic mass is 10.1. The number of hydrogen-bond donors (Lipinski definition) is 0. The van der Waals surface area contributed by atoms with Crippen LogP contribution in [0, 0.1) is 0 Å². The molecule has 0 saturated heterocycles. The molecule has 0 spiro atoms. The lowest BCUT2D eigenvalue weighted by Gasteiger charge is -2.18. The van der Waals surface area contributed by atoms with Gasteiger partial charge in [-0.05, 0) is 54.0 Å². The van der Waals surface area contributed by atoms with Crippen LogP contribution in [0.15, 0.2) is 51.7 Å². The topological polar surface area (TPSA) is 55.6 Å². The fourth-order valence-electron chi connectivity index (χ4n) is 2.58. The molecule has 0 unspecified atom stereocenters. The van der Waals surface area contributed by atoms with Gasteiger partial charge < -0.3 is 14.1 Å². The minimum Gasteiger partial charge on any atom is -0.490 e. The number of furan rings is 1. The standard InChI is InChI=1S/C19H19BrN2O3/c1-12(2)24-16-8-13(9-17-15(16)10-18(20)25-17)19(23)22(3)11-14-6-4-5-7-21-14/h4-10,12H,11H2,1-3H3. The van der Waals surface area contributed by atoms with Gasteiger partial charge in [-0.2, -0.15) is 0 Å². The summed E-state index contributed by atoms with van der Waals surface area (Å²) in [4.78, 5) is 18.7. The predicted octanol–water partition coefficient (Wildman–Crippen LogP) is 4.65. The van der Waals surface area contributed by atoms with Crippen molar-refractivity contribution in [2.75, 3.05) is 7.05 Å². The molecular weight excluding hydrogens is 384 g/mol. The van der Waals surface area contributed by atoms with Gasteiger partial charge in [0.05, 0.1) is 23.7 Å². The average Bonchev–Trinajstić information content (AvgIpc) is 2.95. The minimum absolute atomic E-state index is 0.00604. The van der Waals surface area contributed by atoms with Gasteiger partial charge in [0, 0.05) is 24.9 Å². The molecule has 0 fully saturated rings. The van der Waals surface area contributed by atoms with Gasteiger partial charge in [0.2, 0.25) is 0 Å². The zero-order valence-electron chi connectivity index (χ0n) is 14.3. The first-order chi connectivity index (χ1) is 11.9. The molecule has 2 aromatic heterocycles. The first kappa shape index (κ1) is 17.5. The molecule has 0 saturated carbocycles. The summed E-state index contributed by atoms with van der Waals surface area (Å²) in [6.45, 7) is 4.32. The molecule has 130 valence electrons. The molecular formula is C19H19BrN2O3. The summed E-state index contributed by atoms with van der Waals surface area (Å²) in [6.07, 6.45) is 1.71. The van der Waals surface area contributed by atoms with Gasteiger partial charge in [-0.15, -0.1) is 0 Å². The van der Waals surface area contributed by atoms with Gasteiger partial charge in [0.15, 0.2) is 4.67 Å². The molecule has 0 aliphatic carbocycles. The number of benzene rings is 1. The molecule has 0 aliphatic rings. The number of ether oxygens (including phenoxy) is 1. The van der Waals surface area contributed by atoms with Crippen molar-refractivity contribution in [1.29, 1.82) is 0 Å². The van der Waals surface area contributed by atoms with Crippen molar-refractivity contribution in [2.24, 2.45) is 0 Å². The van der Waals surface area contributed by atoms with Crippen molar-refractivity contribution in [1.82, 2.24) is 9.88 Å². The van der Waals surface area contributed by atoms with Crippen LogP contribution in [0.2, 0.25) is 0 Å². The maximum absolute atomic E-state index is 12.8. The van der Waals surface area contributed by atoms with Gasteiger partial charge in [0.25, 0.3) is 5.91 Å². The second kappa shape index (κ2) is 7.27. The van der Waals surface area contributed by atoms with Crippen LogP contribution in [-0.4, -0.2) is 28.9 Å². The van der Waals surface area contributed by atoms with Crippen LogP contribution in [0.4, 0.5) is 0 Å². The molecule has 0 aliphatic heterocycles. The largest absolute Gasteiger partial charge is 0.490 e. The van der Waals surface area contributed by atoms with E-state index in [2.05, 4.69) is 20.9 Å². The lowest BCUT2D eigenvalue weighted by molar-refractivity contribution is 0.0782. The van der Waals surface area contributed by atoms with Crippen molar-refractivity contribution in [3.63, 3.8) is 0 Å². The van der Waals surface area contributed by atoms with E-state index in [4.69, 9.17) is 9.15 Å². The molecule has 1 aromatic carbocycles. The number of aromatic nitrogens is 1. The quantitative estimate of drug-likeness (QED) is 0.623. The zero-order valence-corrected chi connectivity index (χ0v) is 15.9. The monoisotopic (exact) mass is 402 g/mol. The normalized spacial score (nSPS) is 11.1. The fraction of sp³-hybridized carbons (Fsp3) is 0.263. The van der Waals surface area contributed by atoms with Crippen molar-refractivity contribution < 1.29 is 13.9 Å². The van der Waals surface area contributed by atoms with Crippen LogP contribution in [0.25, 0.3) is 11.0 Å². The van der Waals surface area contributed by atoms with Crippen molar-refractivity contribution in [3.8, 4) is 5.75 Å². The maximum Gasteiger partial charge on any atom is 0.254 e. The highest BCUT2D eigenvalue weighted by Crippen LogP contribution is 2.33. The van der Waals surface area contributed by atoms with E-state index in [1.54, 1.807) is 30.3 Å². The first-order valence-corrected chi connectivity index (χ1v) is 8.78. The predicted molar refractivity (Wildman–Crippen MR) is 99.7 cm³/mol. The van der Waals surface area contributed by atoms with Crippen molar-refractivity contribution in [2.45, 2.75) is 26.5 Å². The average molecular weight is 403 g/mol. The Morgan fingerprint density at radius 1 is 1.32 bits per heavy atom. The van der Waals surface area contributed by atoms with Gasteiger partial charge in [-0.25, -0.2) is 0 Å². The molecule has 0 atom stereocenters. The smallest absolute Gasteiger partial charge is 0.254 e. The Morgan fingerprint density at radius 2 is 2.12 bits per heavy atom. The number of carbonyl (C=O) groups is 1. The number of nitrogens with zero attached hydrogens (tertiary/aromatic N) is 2. The summed E-state index contributed by atoms with van der Waals surface area (Å²) >= 11 is 3.33. The molecule has 3 rings (SSSR count). The second-order valence-electron chi connectivity index (χ2n) is 6.09. The third-order valence-corrected chi connectivity index (χ3v) is 4.04. The Morgan fingerprint density at radius 3 is 2.80 bits per heavy atom. The highest BCUT2D eigenvalue weighted by atomic mass is 79.9. The van der Waals surface area contributed by atoms with Gasteiger partial charge in [-0.3, -0.25) is 9.78 Å². The lowest BCUT2D eigenvalue weighted by Crippen LogP contribution is -2.26. The summed E-state index contributed by atoms with van der Waals surface area (Å²) in [5, 5.41) is 0.838. The number of hydrogen-bond acceptors (Lipinski definition) is 4. The van der Waals surface area contributed by atoms with E-state index in [9.17, 15) is 4.79 Å². The first-order valence-electron chi connectivity index (χ1n) is 7.99. The maximum atomic E-state index is 12.8. The Balaban J connectivity index is 1.92. The summed E-state index contributed by atoms with van der Waals surface area (Å²) in [5.74, 6) is 0.519. The van der Waals surface area contributed by atoms with Gasteiger partial charge in [0.1, 0.15) is 11.3 Å². The van der Waals surface area contributed by atoms with E-state index < -0.39 is 0 Å². The van der Waals surface area contributed by atoms with Gasteiger partial charge >= 0.3 is 0 Å². The van der Waals surface area contributed by atoms with E-state index in [0.717, 1.165) is 11.1 Å². The molecule has 6 heteroatoms. The van der Waals surface area contributed by atoms with Crippen molar-refractivity contribution >= 4 is 32.8 Å². The molecule has 25 heavy (non-hydrogen) atoms. The number of amides is 1. The molecule has 0 N–H and O–H groups in total. The van der Waals surface area contributed by atoms with Crippen LogP contribution in [-0.2, 0) is 6.54 Å². The van der Waals surface area contributed by atoms with E-state index in [-0.39, 0.29) is 12.0 Å². The second-order valence-corrected chi connectivity index (χ2v) is 6.87. The minimum atomic E-state index is -0.117. The summed E-state index contributed by atoms with van der Waals surface area (Å²) < 4.78 is 12.1. The Labute approximate surface area is 154 Å². The number of fused-ring (bicyclic) bond motifs is 1. The number of rotatable bonds is 5. The van der Waals surface area contributed by atoms with Crippen molar-refractivity contribution in [3.05, 3.63) is 58.5 Å². The van der Waals surface area contributed by atoms with Gasteiger partial charge in [-0.1, -0.05) is 6.07 Å². The summed E-state index contributed by atoms with van der Waals surface area (Å²) in [6, 6.07) is 11.0. The SMILES string of the molecule is CC(C)Oc1cc(C(=O)N(C)Cc2ccccn2)cc2oc(Br)cc12. The highest BCUT2D eigenvalue weighted by Gasteiger charge is 2.18. The Kier molecular flexibility index (Phi) is 5.08. The highest BCUT2D eigenvalue weighted by molar-refractivity contribution is 9.10. The van der Waals surface area contributed by atoms with E-state index in [1.807, 2.05) is 38.1 Å². The Bertz CT molecular complexity index is 890. The van der Waals surface area contributed by atoms with Crippen LogP contribution in [0.1, 0.15) is 29.9 Å². The summed E-state index contributed by atoms with van der Waals surface area (Å²) in [7, 11) is 1.75. The third kappa shape index (κ3) is 4.02. The molecule has 0 radical (unpaired) electrons. The van der Waals surface area contributed by atoms with Crippen LogP contribution < -0.4 is 4.74 Å². The molecule has 2 heterocycles.